The Morgan fingerprint density at radius 1 is 1.03 bits per heavy atom. The molecule has 0 atom stereocenters. The summed E-state index contributed by atoms with van der Waals surface area (Å²) in [6.07, 6.45) is 1.78. The molecule has 0 radical (unpaired) electrons. The summed E-state index contributed by atoms with van der Waals surface area (Å²) in [7, 11) is 1.58. The summed E-state index contributed by atoms with van der Waals surface area (Å²) < 4.78 is 11.4. The fourth-order valence-corrected chi connectivity index (χ4v) is 4.06. The van der Waals surface area contributed by atoms with Gasteiger partial charge in [-0.15, -0.1) is 0 Å². The van der Waals surface area contributed by atoms with Gasteiger partial charge in [0.2, 0.25) is 0 Å². The lowest BCUT2D eigenvalue weighted by Gasteiger charge is -2.11. The Hall–Kier alpha value is -2.93. The van der Waals surface area contributed by atoms with Crippen LogP contribution in [0.3, 0.4) is 0 Å². The Balaban J connectivity index is 1.49. The number of methoxy groups -OCH3 is 1. The average Bonchev–Trinajstić information content (AvgIpc) is 3.14. The van der Waals surface area contributed by atoms with Crippen LogP contribution in [0.1, 0.15) is 11.1 Å². The van der Waals surface area contributed by atoms with E-state index in [1.807, 2.05) is 54.6 Å². The summed E-state index contributed by atoms with van der Waals surface area (Å²) in [5.41, 5.74) is 2.39. The summed E-state index contributed by atoms with van der Waals surface area (Å²) in [4.78, 5) is 17.3. The Kier molecular flexibility index (Phi) is 7.05. The molecule has 3 aromatic carbocycles. The number of thioether (sulfide) groups is 1. The highest BCUT2D eigenvalue weighted by Gasteiger charge is 2.24. The zero-order chi connectivity index (χ0) is 22.5. The van der Waals surface area contributed by atoms with Crippen LogP contribution in [-0.4, -0.2) is 18.2 Å². The molecule has 1 aliphatic heterocycles. The molecule has 1 amide bonds. The van der Waals surface area contributed by atoms with Gasteiger partial charge in [0.25, 0.3) is 5.91 Å². The van der Waals surface area contributed by atoms with E-state index in [9.17, 15) is 4.79 Å². The molecule has 0 aromatic heterocycles. The maximum absolute atomic E-state index is 12.4. The maximum Gasteiger partial charge on any atom is 0.264 e. The van der Waals surface area contributed by atoms with E-state index < -0.39 is 0 Å². The van der Waals surface area contributed by atoms with Gasteiger partial charge in [0.15, 0.2) is 16.7 Å². The third kappa shape index (κ3) is 5.46. The second-order valence-corrected chi connectivity index (χ2v) is 8.63. The van der Waals surface area contributed by atoms with Crippen molar-refractivity contribution >= 4 is 57.8 Å². The van der Waals surface area contributed by atoms with E-state index in [0.717, 1.165) is 11.1 Å². The number of carbonyl (C=O) groups is 1. The van der Waals surface area contributed by atoms with E-state index >= 15 is 0 Å². The number of carbonyl (C=O) groups excluding carboxylic acids is 1. The fourth-order valence-electron chi connectivity index (χ4n) is 2.92. The number of nitrogens with one attached hydrogen (secondary N) is 1. The van der Waals surface area contributed by atoms with Gasteiger partial charge in [-0.1, -0.05) is 53.5 Å². The smallest absolute Gasteiger partial charge is 0.264 e. The van der Waals surface area contributed by atoms with Crippen molar-refractivity contribution in [1.29, 1.82) is 0 Å². The first-order valence-electron chi connectivity index (χ1n) is 9.61. The van der Waals surface area contributed by atoms with Crippen LogP contribution in [0.5, 0.6) is 11.5 Å². The minimum Gasteiger partial charge on any atom is -0.493 e. The average molecular weight is 485 g/mol. The number of hydrogen-bond acceptors (Lipinski definition) is 5. The molecule has 0 unspecified atom stereocenters. The molecular weight excluding hydrogens is 467 g/mol. The van der Waals surface area contributed by atoms with Gasteiger partial charge in [0.1, 0.15) is 6.61 Å². The summed E-state index contributed by atoms with van der Waals surface area (Å²) >= 11 is 13.3. The van der Waals surface area contributed by atoms with E-state index in [1.54, 1.807) is 25.3 Å². The SMILES string of the molecule is COc1cc(C=C2SC(=Nc3ccccc3Cl)NC2=O)ccc1OCc1ccc(Cl)cc1. The molecule has 5 nitrogen and oxygen atoms in total. The van der Waals surface area contributed by atoms with Gasteiger partial charge >= 0.3 is 0 Å². The molecular formula is C24H18Cl2N2O3S. The van der Waals surface area contributed by atoms with Gasteiger partial charge in [-0.25, -0.2) is 4.99 Å². The van der Waals surface area contributed by atoms with E-state index in [4.69, 9.17) is 32.7 Å². The summed E-state index contributed by atoms with van der Waals surface area (Å²) in [6.45, 7) is 0.383. The Morgan fingerprint density at radius 3 is 2.56 bits per heavy atom. The Morgan fingerprint density at radius 2 is 1.81 bits per heavy atom. The van der Waals surface area contributed by atoms with Gasteiger partial charge in [0, 0.05) is 5.02 Å². The van der Waals surface area contributed by atoms with E-state index in [2.05, 4.69) is 10.3 Å². The van der Waals surface area contributed by atoms with Crippen molar-refractivity contribution in [1.82, 2.24) is 5.32 Å². The third-order valence-corrected chi connectivity index (χ3v) is 6.00. The van der Waals surface area contributed by atoms with Crippen LogP contribution in [0.4, 0.5) is 5.69 Å². The predicted molar refractivity (Wildman–Crippen MR) is 131 cm³/mol. The second-order valence-electron chi connectivity index (χ2n) is 6.76. The number of hydrogen-bond donors (Lipinski definition) is 1. The third-order valence-electron chi connectivity index (χ3n) is 4.52. The molecule has 0 saturated carbocycles. The molecule has 32 heavy (non-hydrogen) atoms. The highest BCUT2D eigenvalue weighted by Crippen LogP contribution is 2.33. The molecule has 0 bridgehead atoms. The number of amides is 1. The molecule has 8 heteroatoms. The quantitative estimate of drug-likeness (QED) is 0.407. The summed E-state index contributed by atoms with van der Waals surface area (Å²) in [5, 5.41) is 4.44. The van der Waals surface area contributed by atoms with Crippen molar-refractivity contribution in [2.24, 2.45) is 4.99 Å². The number of rotatable bonds is 6. The van der Waals surface area contributed by atoms with Crippen LogP contribution in [-0.2, 0) is 11.4 Å². The van der Waals surface area contributed by atoms with Crippen LogP contribution in [0.25, 0.3) is 6.08 Å². The van der Waals surface area contributed by atoms with Crippen molar-refractivity contribution in [3.8, 4) is 11.5 Å². The summed E-state index contributed by atoms with van der Waals surface area (Å²) in [6, 6.07) is 20.2. The lowest BCUT2D eigenvalue weighted by Crippen LogP contribution is -2.19. The Labute approximate surface area is 200 Å². The lowest BCUT2D eigenvalue weighted by molar-refractivity contribution is -0.115. The Bertz CT molecular complexity index is 1210. The van der Waals surface area contributed by atoms with Gasteiger partial charge in [-0.3, -0.25) is 4.79 Å². The van der Waals surface area contributed by atoms with Crippen LogP contribution in [0.15, 0.2) is 76.6 Å². The number of ether oxygens (including phenoxy) is 2. The molecule has 3 aromatic rings. The van der Waals surface area contributed by atoms with E-state index in [-0.39, 0.29) is 5.91 Å². The number of halogens is 2. The van der Waals surface area contributed by atoms with Gasteiger partial charge in [0.05, 0.1) is 22.7 Å². The number of amidine groups is 1. The van der Waals surface area contributed by atoms with Gasteiger partial charge < -0.3 is 14.8 Å². The molecule has 0 spiro atoms. The van der Waals surface area contributed by atoms with Gasteiger partial charge in [-0.2, -0.15) is 0 Å². The highest BCUT2D eigenvalue weighted by molar-refractivity contribution is 8.18. The van der Waals surface area contributed by atoms with Crippen LogP contribution in [0.2, 0.25) is 10.0 Å². The molecule has 4 rings (SSSR count). The first-order chi connectivity index (χ1) is 15.5. The maximum atomic E-state index is 12.4. The van der Waals surface area contributed by atoms with Crippen LogP contribution < -0.4 is 14.8 Å². The fraction of sp³-hybridized carbons (Fsp3) is 0.0833. The molecule has 162 valence electrons. The molecule has 1 N–H and O–H groups in total. The van der Waals surface area contributed by atoms with E-state index in [0.29, 0.717) is 43.9 Å². The van der Waals surface area contributed by atoms with Crippen molar-refractivity contribution in [3.05, 3.63) is 92.8 Å². The second kappa shape index (κ2) is 10.1. The first-order valence-corrected chi connectivity index (χ1v) is 11.2. The number of benzene rings is 3. The zero-order valence-corrected chi connectivity index (χ0v) is 19.3. The van der Waals surface area contributed by atoms with Crippen LogP contribution in [0, 0.1) is 0 Å². The largest absolute Gasteiger partial charge is 0.493 e. The normalized spacial score (nSPS) is 15.8. The van der Waals surface area contributed by atoms with Crippen molar-refractivity contribution in [2.45, 2.75) is 6.61 Å². The van der Waals surface area contributed by atoms with Crippen LogP contribution >= 0.6 is 35.0 Å². The number of nitrogens with zero attached hydrogens (tertiary/aromatic N) is 1. The topological polar surface area (TPSA) is 59.9 Å². The number of aliphatic imine (C=N–C) groups is 1. The van der Waals surface area contributed by atoms with E-state index in [1.165, 1.54) is 11.8 Å². The monoisotopic (exact) mass is 484 g/mol. The minimum absolute atomic E-state index is 0.220. The number of para-hydroxylation sites is 1. The minimum atomic E-state index is -0.220. The van der Waals surface area contributed by atoms with Crippen molar-refractivity contribution in [2.75, 3.05) is 7.11 Å². The highest BCUT2D eigenvalue weighted by atomic mass is 35.5. The molecule has 1 fully saturated rings. The first kappa shape index (κ1) is 22.3. The van der Waals surface area contributed by atoms with Crippen molar-refractivity contribution in [3.63, 3.8) is 0 Å². The standard InChI is InChI=1S/C24H18Cl2N2O3S/c1-30-21-12-16(8-11-20(21)31-14-15-6-9-17(25)10-7-15)13-22-23(29)28-24(32-22)27-19-5-3-2-4-18(19)26/h2-13H,14H2,1H3,(H,27,28,29). The predicted octanol–water partition coefficient (Wildman–Crippen LogP) is 6.47. The van der Waals surface area contributed by atoms with Gasteiger partial charge in [-0.05, 0) is 65.4 Å². The molecule has 1 heterocycles. The molecule has 1 aliphatic rings. The molecule has 0 aliphatic carbocycles. The van der Waals surface area contributed by atoms with Crippen molar-refractivity contribution < 1.29 is 14.3 Å². The summed E-state index contributed by atoms with van der Waals surface area (Å²) in [5.74, 6) is 0.957. The lowest BCUT2D eigenvalue weighted by atomic mass is 10.2. The molecule has 1 saturated heterocycles. The zero-order valence-electron chi connectivity index (χ0n) is 17.0.